The number of carbonyl (C=O) groups excluding carboxylic acids is 1. The molecule has 0 aliphatic rings. The molecular weight excluding hydrogens is 352 g/mol. The molecule has 2 aromatic carbocycles. The van der Waals surface area contributed by atoms with Crippen LogP contribution in [0, 0.1) is 0 Å². The van der Waals surface area contributed by atoms with Gasteiger partial charge < -0.3 is 5.11 Å². The normalized spacial score (nSPS) is 12.7. The summed E-state index contributed by atoms with van der Waals surface area (Å²) in [5.41, 5.74) is 0.783. The first-order valence-corrected chi connectivity index (χ1v) is 9.01. The van der Waals surface area contributed by atoms with E-state index >= 15 is 0 Å². The summed E-state index contributed by atoms with van der Waals surface area (Å²) in [5, 5.41) is 20.3. The Morgan fingerprint density at radius 3 is 2.35 bits per heavy atom. The number of fused-ring (bicyclic) bond motifs is 1. The van der Waals surface area contributed by atoms with E-state index in [1.807, 2.05) is 49.4 Å². The predicted molar refractivity (Wildman–Crippen MR) is 102 cm³/mol. The Morgan fingerprint density at radius 1 is 1.08 bits per heavy atom. The molecule has 0 atom stereocenters. The van der Waals surface area contributed by atoms with Gasteiger partial charge in [0.25, 0.3) is 0 Å². The summed E-state index contributed by atoms with van der Waals surface area (Å²) in [7, 11) is 0. The number of allylic oxidation sites excluding steroid dienone is 2. The van der Waals surface area contributed by atoms with Gasteiger partial charge in [-0.05, 0) is 47.4 Å². The summed E-state index contributed by atoms with van der Waals surface area (Å²) in [6.07, 6.45) is 2.23. The maximum Gasteiger partial charge on any atom is 0.369 e. The second-order valence-electron chi connectivity index (χ2n) is 5.51. The Labute approximate surface area is 155 Å². The van der Waals surface area contributed by atoms with Crippen molar-refractivity contribution in [3.05, 3.63) is 64.6 Å². The third-order valence-corrected chi connectivity index (χ3v) is 4.92. The number of benzene rings is 2. The van der Waals surface area contributed by atoms with Gasteiger partial charge in [0, 0.05) is 10.5 Å². The molecule has 2 aromatic rings. The molecule has 0 fully saturated rings. The molecular formula is C20H20O5S. The predicted octanol–water partition coefficient (Wildman–Crippen LogP) is 5.03. The summed E-state index contributed by atoms with van der Waals surface area (Å²) >= 11 is 1.12. The van der Waals surface area contributed by atoms with Crippen LogP contribution < -0.4 is 0 Å². The molecule has 0 heterocycles. The van der Waals surface area contributed by atoms with E-state index in [0.717, 1.165) is 27.4 Å². The van der Waals surface area contributed by atoms with Crippen LogP contribution in [-0.4, -0.2) is 22.3 Å². The van der Waals surface area contributed by atoms with Gasteiger partial charge in [-0.2, -0.15) is 5.26 Å². The van der Waals surface area contributed by atoms with Gasteiger partial charge in [0.15, 0.2) is 0 Å². The van der Waals surface area contributed by atoms with Gasteiger partial charge in [0.05, 0.1) is 4.91 Å². The summed E-state index contributed by atoms with van der Waals surface area (Å²) in [6.45, 7) is 3.55. The van der Waals surface area contributed by atoms with Crippen LogP contribution in [0.3, 0.4) is 0 Å². The summed E-state index contributed by atoms with van der Waals surface area (Å²) in [4.78, 5) is 28.1. The van der Waals surface area contributed by atoms with Crippen LogP contribution >= 0.6 is 11.8 Å². The standard InChI is InChI=1S/C20H20O5S/c1-3-13(17(4-2)20(23)25-24)12-18(19(21)22)26-16-10-9-14-7-5-6-8-15(14)11-16/h5-12,24H,3-4H2,1-2H3,(H,21,22). The maximum absolute atomic E-state index is 11.7. The lowest BCUT2D eigenvalue weighted by Crippen LogP contribution is -2.08. The smallest absolute Gasteiger partial charge is 0.369 e. The van der Waals surface area contributed by atoms with E-state index in [4.69, 9.17) is 5.26 Å². The molecule has 0 spiro atoms. The molecule has 5 nitrogen and oxygen atoms in total. The second kappa shape index (κ2) is 9.22. The fraction of sp³-hybridized carbons (Fsp3) is 0.200. The van der Waals surface area contributed by atoms with Crippen LogP contribution in [0.15, 0.2) is 69.5 Å². The van der Waals surface area contributed by atoms with Crippen molar-refractivity contribution in [1.29, 1.82) is 0 Å². The number of carbonyl (C=O) groups is 2. The zero-order chi connectivity index (χ0) is 19.1. The van der Waals surface area contributed by atoms with Crippen molar-refractivity contribution < 1.29 is 24.8 Å². The van der Waals surface area contributed by atoms with E-state index in [0.29, 0.717) is 18.4 Å². The Bertz CT molecular complexity index is 883. The Hall–Kier alpha value is -2.57. The van der Waals surface area contributed by atoms with E-state index in [9.17, 15) is 14.7 Å². The van der Waals surface area contributed by atoms with Gasteiger partial charge in [-0.25, -0.2) is 9.59 Å². The number of hydrogen-bond acceptors (Lipinski definition) is 5. The van der Waals surface area contributed by atoms with Crippen LogP contribution in [0.1, 0.15) is 26.7 Å². The number of aliphatic carboxylic acids is 1. The maximum atomic E-state index is 11.7. The molecule has 136 valence electrons. The molecule has 0 bridgehead atoms. The average Bonchev–Trinajstić information content (AvgIpc) is 2.66. The molecule has 2 rings (SSSR count). The van der Waals surface area contributed by atoms with E-state index in [2.05, 4.69) is 4.89 Å². The number of carboxylic acids is 1. The highest BCUT2D eigenvalue weighted by Crippen LogP contribution is 2.31. The summed E-state index contributed by atoms with van der Waals surface area (Å²) < 4.78 is 0. The molecule has 26 heavy (non-hydrogen) atoms. The van der Waals surface area contributed by atoms with Gasteiger partial charge in [-0.1, -0.05) is 55.9 Å². The number of carboxylic acid groups (broad SMARTS) is 1. The van der Waals surface area contributed by atoms with Crippen LogP contribution in [0.4, 0.5) is 0 Å². The van der Waals surface area contributed by atoms with Gasteiger partial charge in [0.1, 0.15) is 0 Å². The quantitative estimate of drug-likeness (QED) is 0.233. The lowest BCUT2D eigenvalue weighted by atomic mass is 10.0. The lowest BCUT2D eigenvalue weighted by Gasteiger charge is -2.09. The van der Waals surface area contributed by atoms with E-state index in [1.165, 1.54) is 6.08 Å². The van der Waals surface area contributed by atoms with Crippen molar-refractivity contribution in [1.82, 2.24) is 0 Å². The first-order valence-electron chi connectivity index (χ1n) is 8.19. The van der Waals surface area contributed by atoms with Crippen LogP contribution in [0.25, 0.3) is 10.8 Å². The first kappa shape index (κ1) is 19.8. The first-order chi connectivity index (χ1) is 12.5. The SMILES string of the molecule is CCC(C=C(Sc1ccc2ccccc2c1)C(=O)O)=C(CC)C(=O)OO. The Kier molecular flexibility index (Phi) is 7.00. The van der Waals surface area contributed by atoms with Crippen LogP contribution in [0.2, 0.25) is 0 Å². The van der Waals surface area contributed by atoms with Crippen molar-refractivity contribution in [2.75, 3.05) is 0 Å². The third kappa shape index (κ3) is 4.74. The van der Waals surface area contributed by atoms with Crippen molar-refractivity contribution in [2.24, 2.45) is 0 Å². The molecule has 2 N–H and O–H groups in total. The highest BCUT2D eigenvalue weighted by Gasteiger charge is 2.16. The summed E-state index contributed by atoms with van der Waals surface area (Å²) in [6, 6.07) is 13.6. The zero-order valence-corrected chi connectivity index (χ0v) is 15.4. The molecule has 0 radical (unpaired) electrons. The zero-order valence-electron chi connectivity index (χ0n) is 14.6. The molecule has 6 heteroatoms. The minimum absolute atomic E-state index is 0.0915. The molecule has 0 aromatic heterocycles. The molecule has 0 saturated heterocycles. The van der Waals surface area contributed by atoms with Crippen LogP contribution in [0.5, 0.6) is 0 Å². The monoisotopic (exact) mass is 372 g/mol. The van der Waals surface area contributed by atoms with Gasteiger partial charge in [0.2, 0.25) is 0 Å². The molecule has 0 aliphatic heterocycles. The Balaban J connectivity index is 2.43. The molecule has 0 aliphatic carbocycles. The van der Waals surface area contributed by atoms with E-state index in [1.54, 1.807) is 6.92 Å². The highest BCUT2D eigenvalue weighted by molar-refractivity contribution is 8.04. The highest BCUT2D eigenvalue weighted by atomic mass is 32.2. The fourth-order valence-corrected chi connectivity index (χ4v) is 3.48. The average molecular weight is 372 g/mol. The second-order valence-corrected chi connectivity index (χ2v) is 6.63. The fourth-order valence-electron chi connectivity index (χ4n) is 2.61. The molecule has 0 saturated carbocycles. The van der Waals surface area contributed by atoms with Gasteiger partial charge >= 0.3 is 11.9 Å². The lowest BCUT2D eigenvalue weighted by molar-refractivity contribution is -0.229. The summed E-state index contributed by atoms with van der Waals surface area (Å²) in [5.74, 6) is -1.94. The van der Waals surface area contributed by atoms with Crippen molar-refractivity contribution >= 4 is 34.5 Å². The van der Waals surface area contributed by atoms with Gasteiger partial charge in [-0.3, -0.25) is 4.89 Å². The van der Waals surface area contributed by atoms with Gasteiger partial charge in [-0.15, -0.1) is 0 Å². The van der Waals surface area contributed by atoms with E-state index < -0.39 is 11.9 Å². The Morgan fingerprint density at radius 2 is 1.77 bits per heavy atom. The van der Waals surface area contributed by atoms with E-state index in [-0.39, 0.29) is 10.5 Å². The van der Waals surface area contributed by atoms with Crippen LogP contribution in [-0.2, 0) is 14.5 Å². The van der Waals surface area contributed by atoms with Crippen molar-refractivity contribution in [2.45, 2.75) is 31.6 Å². The van der Waals surface area contributed by atoms with Crippen molar-refractivity contribution in [3.8, 4) is 0 Å². The minimum atomic E-state index is -1.08. The van der Waals surface area contributed by atoms with Crippen molar-refractivity contribution in [3.63, 3.8) is 0 Å². The third-order valence-electron chi connectivity index (χ3n) is 3.92. The minimum Gasteiger partial charge on any atom is -0.477 e. The topological polar surface area (TPSA) is 83.8 Å². The molecule has 0 unspecified atom stereocenters. The number of rotatable bonds is 7. The largest absolute Gasteiger partial charge is 0.477 e. The molecule has 0 amide bonds. The number of thioether (sulfide) groups is 1. The number of hydrogen-bond donors (Lipinski definition) is 2.